The smallest absolute Gasteiger partial charge is 0.157 e. The number of nitrogens with zero attached hydrogens (tertiary/aromatic N) is 1. The maximum Gasteiger partial charge on any atom is 0.157 e. The van der Waals surface area contributed by atoms with Gasteiger partial charge in [-0.1, -0.05) is 72.0 Å². The number of phenolic OH excluding ortho intramolecular Hbond substituents is 1. The summed E-state index contributed by atoms with van der Waals surface area (Å²) in [5.41, 5.74) is 6.27. The third-order valence-electron chi connectivity index (χ3n) is 5.89. The Balaban J connectivity index is 1.38. The van der Waals surface area contributed by atoms with Crippen LogP contribution in [0.5, 0.6) is 5.75 Å². The van der Waals surface area contributed by atoms with E-state index >= 15 is 0 Å². The van der Waals surface area contributed by atoms with Gasteiger partial charge in [-0.05, 0) is 42.0 Å². The number of aromatic hydroxyl groups is 1. The Morgan fingerprint density at radius 3 is 2.45 bits per heavy atom. The first-order valence-electron chi connectivity index (χ1n) is 10.6. The predicted molar refractivity (Wildman–Crippen MR) is 136 cm³/mol. The molecule has 0 radical (unpaired) electrons. The molecule has 0 amide bonds. The second-order valence-electron chi connectivity index (χ2n) is 7.88. The van der Waals surface area contributed by atoms with Gasteiger partial charge in [-0.15, -0.1) is 0 Å². The molecule has 0 fully saturated rings. The van der Waals surface area contributed by atoms with Gasteiger partial charge in [0.2, 0.25) is 0 Å². The molecule has 2 aromatic heterocycles. The summed E-state index contributed by atoms with van der Waals surface area (Å²) in [5.74, 6) is 6.21. The van der Waals surface area contributed by atoms with Gasteiger partial charge < -0.3 is 10.1 Å². The number of halogens is 1. The highest BCUT2D eigenvalue weighted by atomic mass is 35.5. The summed E-state index contributed by atoms with van der Waals surface area (Å²) in [6.45, 7) is 0. The average Bonchev–Trinajstić information content (AvgIpc) is 3.25. The molecule has 0 aliphatic heterocycles. The number of aromatic nitrogens is 2. The Labute approximate surface area is 195 Å². The Kier molecular flexibility index (Phi) is 4.54. The van der Waals surface area contributed by atoms with Crippen LogP contribution in [-0.2, 0) is 0 Å². The molecule has 0 atom stereocenters. The topological polar surface area (TPSA) is 48.9 Å². The van der Waals surface area contributed by atoms with E-state index in [0.29, 0.717) is 21.5 Å². The minimum atomic E-state index is 0.0459. The van der Waals surface area contributed by atoms with Crippen LogP contribution in [0.3, 0.4) is 0 Å². The van der Waals surface area contributed by atoms with E-state index in [0.717, 1.165) is 27.7 Å². The molecule has 0 aliphatic rings. The lowest BCUT2D eigenvalue weighted by Gasteiger charge is -2.05. The molecule has 33 heavy (non-hydrogen) atoms. The van der Waals surface area contributed by atoms with Crippen molar-refractivity contribution in [3.05, 3.63) is 107 Å². The van der Waals surface area contributed by atoms with Crippen LogP contribution in [0.4, 0.5) is 0 Å². The number of aromatic amines is 1. The van der Waals surface area contributed by atoms with E-state index in [1.165, 1.54) is 10.8 Å². The van der Waals surface area contributed by atoms with Crippen LogP contribution >= 0.6 is 11.6 Å². The van der Waals surface area contributed by atoms with Crippen molar-refractivity contribution in [2.24, 2.45) is 0 Å². The van der Waals surface area contributed by atoms with Crippen LogP contribution in [-0.4, -0.2) is 15.1 Å². The molecule has 2 N–H and O–H groups in total. The molecule has 4 aromatic carbocycles. The summed E-state index contributed by atoms with van der Waals surface area (Å²) >= 11 is 6.36. The fourth-order valence-electron chi connectivity index (χ4n) is 4.27. The van der Waals surface area contributed by atoms with Crippen LogP contribution in [0.15, 0.2) is 91.1 Å². The third-order valence-corrected chi connectivity index (χ3v) is 6.21. The van der Waals surface area contributed by atoms with Crippen molar-refractivity contribution in [2.45, 2.75) is 0 Å². The van der Waals surface area contributed by atoms with Gasteiger partial charge in [-0.25, -0.2) is 0 Å². The minimum absolute atomic E-state index is 0.0459. The number of nitrogens with one attached hydrogen (secondary N) is 1. The number of pyridine rings is 1. The van der Waals surface area contributed by atoms with E-state index < -0.39 is 0 Å². The van der Waals surface area contributed by atoms with E-state index in [-0.39, 0.29) is 5.75 Å². The van der Waals surface area contributed by atoms with Gasteiger partial charge in [-0.3, -0.25) is 4.98 Å². The fraction of sp³-hybridized carbons (Fsp3) is 0. The second kappa shape index (κ2) is 7.70. The lowest BCUT2D eigenvalue weighted by Crippen LogP contribution is -1.85. The number of rotatable bonds is 1. The highest BCUT2D eigenvalue weighted by molar-refractivity contribution is 6.35. The van der Waals surface area contributed by atoms with Crippen molar-refractivity contribution in [3.63, 3.8) is 0 Å². The molecule has 0 spiro atoms. The molecular weight excluding hydrogens is 428 g/mol. The molecule has 156 valence electrons. The minimum Gasteiger partial charge on any atom is -0.504 e. The summed E-state index contributed by atoms with van der Waals surface area (Å²) < 4.78 is 0. The van der Waals surface area contributed by atoms with Crippen LogP contribution in [0.2, 0.25) is 5.02 Å². The van der Waals surface area contributed by atoms with Crippen molar-refractivity contribution in [3.8, 4) is 28.7 Å². The number of para-hydroxylation sites is 2. The molecule has 6 aromatic rings. The normalized spacial score (nSPS) is 11.1. The SMILES string of the molecule is Oc1c(C#Cc2ccc(-c3cccc4c3[nH]c3ccccc34)cc2)cc(Cl)c2cccnc12. The zero-order valence-corrected chi connectivity index (χ0v) is 18.2. The van der Waals surface area contributed by atoms with Gasteiger partial charge in [0.25, 0.3) is 0 Å². The molecule has 4 heteroatoms. The third kappa shape index (κ3) is 3.29. The van der Waals surface area contributed by atoms with Crippen molar-refractivity contribution in [1.29, 1.82) is 0 Å². The highest BCUT2D eigenvalue weighted by Crippen LogP contribution is 2.34. The molecule has 0 aliphatic carbocycles. The van der Waals surface area contributed by atoms with Gasteiger partial charge in [0.15, 0.2) is 5.75 Å². The van der Waals surface area contributed by atoms with Crippen molar-refractivity contribution in [1.82, 2.24) is 9.97 Å². The number of fused-ring (bicyclic) bond motifs is 4. The lowest BCUT2D eigenvalue weighted by atomic mass is 10.0. The van der Waals surface area contributed by atoms with Gasteiger partial charge in [0, 0.05) is 39.0 Å². The molecule has 2 heterocycles. The molecular formula is C29H17ClN2O. The fourth-order valence-corrected chi connectivity index (χ4v) is 4.53. The van der Waals surface area contributed by atoms with Crippen LogP contribution in [0, 0.1) is 11.8 Å². The Hall–Kier alpha value is -4.26. The monoisotopic (exact) mass is 444 g/mol. The average molecular weight is 445 g/mol. The van der Waals surface area contributed by atoms with Crippen LogP contribution in [0.25, 0.3) is 43.8 Å². The van der Waals surface area contributed by atoms with Crippen molar-refractivity contribution >= 4 is 44.3 Å². The maximum absolute atomic E-state index is 10.6. The van der Waals surface area contributed by atoms with Gasteiger partial charge >= 0.3 is 0 Å². The summed E-state index contributed by atoms with van der Waals surface area (Å²) in [7, 11) is 0. The van der Waals surface area contributed by atoms with E-state index in [4.69, 9.17) is 11.6 Å². The molecule has 0 bridgehead atoms. The van der Waals surface area contributed by atoms with Gasteiger partial charge in [-0.2, -0.15) is 0 Å². The number of benzene rings is 4. The molecule has 0 saturated carbocycles. The van der Waals surface area contributed by atoms with E-state index in [1.807, 2.05) is 24.3 Å². The van der Waals surface area contributed by atoms with E-state index in [1.54, 1.807) is 18.3 Å². The van der Waals surface area contributed by atoms with E-state index in [2.05, 4.69) is 70.3 Å². The zero-order valence-electron chi connectivity index (χ0n) is 17.4. The Bertz CT molecular complexity index is 1740. The number of hydrogen-bond donors (Lipinski definition) is 2. The first-order chi connectivity index (χ1) is 16.2. The second-order valence-corrected chi connectivity index (χ2v) is 8.29. The summed E-state index contributed by atoms with van der Waals surface area (Å²) in [5, 5.41) is 14.2. The largest absolute Gasteiger partial charge is 0.504 e. The van der Waals surface area contributed by atoms with Crippen LogP contribution in [0.1, 0.15) is 11.1 Å². The van der Waals surface area contributed by atoms with Crippen molar-refractivity contribution < 1.29 is 5.11 Å². The predicted octanol–water partition coefficient (Wildman–Crippen LogP) is 7.30. The highest BCUT2D eigenvalue weighted by Gasteiger charge is 2.11. The lowest BCUT2D eigenvalue weighted by molar-refractivity contribution is 0.479. The van der Waals surface area contributed by atoms with Gasteiger partial charge in [0.1, 0.15) is 5.52 Å². The van der Waals surface area contributed by atoms with Gasteiger partial charge in [0.05, 0.1) is 16.1 Å². The molecule has 3 nitrogen and oxygen atoms in total. The number of hydrogen-bond acceptors (Lipinski definition) is 2. The Morgan fingerprint density at radius 1 is 0.788 bits per heavy atom. The number of phenols is 1. The maximum atomic E-state index is 10.6. The zero-order chi connectivity index (χ0) is 22.4. The summed E-state index contributed by atoms with van der Waals surface area (Å²) in [6, 6.07) is 28.1. The summed E-state index contributed by atoms with van der Waals surface area (Å²) in [6.07, 6.45) is 1.63. The van der Waals surface area contributed by atoms with Crippen molar-refractivity contribution in [2.75, 3.05) is 0 Å². The number of H-pyrrole nitrogens is 1. The first kappa shape index (κ1) is 19.4. The summed E-state index contributed by atoms with van der Waals surface area (Å²) in [4.78, 5) is 7.80. The molecule has 0 saturated heterocycles. The first-order valence-corrected chi connectivity index (χ1v) is 10.9. The molecule has 6 rings (SSSR count). The quantitative estimate of drug-likeness (QED) is 0.261. The van der Waals surface area contributed by atoms with Crippen LogP contribution < -0.4 is 0 Å². The van der Waals surface area contributed by atoms with E-state index in [9.17, 15) is 5.11 Å². The standard InChI is InChI=1S/C29H17ClN2O/c30-25-17-20(29(33)28-24(25)8-4-16-31-28)15-12-18-10-13-19(14-11-18)21-6-3-7-23-22-5-1-2-9-26(22)32-27(21)23/h1-11,13-14,16-17,32-33H. The Morgan fingerprint density at radius 2 is 1.58 bits per heavy atom. The molecule has 0 unspecified atom stereocenters.